The van der Waals surface area contributed by atoms with E-state index in [2.05, 4.69) is 5.32 Å². The highest BCUT2D eigenvalue weighted by atomic mass is 16.4. The van der Waals surface area contributed by atoms with Crippen molar-refractivity contribution in [2.75, 3.05) is 0 Å². The molecule has 0 saturated carbocycles. The van der Waals surface area contributed by atoms with Crippen molar-refractivity contribution < 1.29 is 29.7 Å². The minimum absolute atomic E-state index is 0.179. The number of rotatable bonds is 5. The van der Waals surface area contributed by atoms with Crippen LogP contribution in [0.1, 0.15) is 17.3 Å². The van der Waals surface area contributed by atoms with Gasteiger partial charge in [-0.2, -0.15) is 0 Å². The molecule has 1 aromatic rings. The van der Waals surface area contributed by atoms with Gasteiger partial charge in [0.05, 0.1) is 5.56 Å². The summed E-state index contributed by atoms with van der Waals surface area (Å²) in [5, 5.41) is 29.7. The Balaban J connectivity index is 3.11. The third kappa shape index (κ3) is 3.52. The fourth-order valence-electron chi connectivity index (χ4n) is 1.50. The van der Waals surface area contributed by atoms with Gasteiger partial charge >= 0.3 is 5.97 Å². The van der Waals surface area contributed by atoms with Gasteiger partial charge in [-0.1, -0.05) is 12.1 Å². The lowest BCUT2D eigenvalue weighted by Gasteiger charge is -2.19. The van der Waals surface area contributed by atoms with Crippen LogP contribution in [0.3, 0.4) is 0 Å². The van der Waals surface area contributed by atoms with Crippen molar-refractivity contribution in [3.63, 3.8) is 0 Å². The number of para-hydroxylation sites is 1. The summed E-state index contributed by atoms with van der Waals surface area (Å²) in [6.45, 7) is 1.08. The van der Waals surface area contributed by atoms with Gasteiger partial charge in [0.2, 0.25) is 5.91 Å². The molecule has 1 aromatic carbocycles. The number of hydrogen-bond acceptors (Lipinski definition) is 5. The summed E-state index contributed by atoms with van der Waals surface area (Å²) >= 11 is 0. The minimum atomic E-state index is -2.10. The average Bonchev–Trinajstić information content (AvgIpc) is 2.34. The molecule has 2 unspecified atom stereocenters. The lowest BCUT2D eigenvalue weighted by atomic mass is 9.98. The van der Waals surface area contributed by atoms with E-state index in [4.69, 9.17) is 5.11 Å². The summed E-state index contributed by atoms with van der Waals surface area (Å²) in [5.74, 6) is -3.57. The second kappa shape index (κ2) is 5.96. The molecule has 0 aliphatic heterocycles. The zero-order valence-electron chi connectivity index (χ0n) is 10.0. The second-order valence-electron chi connectivity index (χ2n) is 3.84. The first-order chi connectivity index (χ1) is 8.84. The first-order valence-corrected chi connectivity index (χ1v) is 5.34. The number of phenolic OH excluding ortho intramolecular Hbond substituents is 1. The Bertz CT molecular complexity index is 513. The number of benzene rings is 1. The predicted octanol–water partition coefficient (Wildman–Crippen LogP) is -0.475. The molecular formula is C12H13NO6. The Morgan fingerprint density at radius 2 is 1.79 bits per heavy atom. The fourth-order valence-corrected chi connectivity index (χ4v) is 1.50. The molecule has 0 aliphatic rings. The molecule has 1 amide bonds. The van der Waals surface area contributed by atoms with E-state index < -0.39 is 29.8 Å². The molecule has 0 radical (unpaired) electrons. The Kier molecular flexibility index (Phi) is 4.60. The van der Waals surface area contributed by atoms with Crippen molar-refractivity contribution in [2.45, 2.75) is 19.1 Å². The fraction of sp³-hybridized carbons (Fsp3) is 0.250. The van der Waals surface area contributed by atoms with E-state index >= 15 is 0 Å². The third-order valence-electron chi connectivity index (χ3n) is 2.38. The summed E-state index contributed by atoms with van der Waals surface area (Å²) in [7, 11) is 0. The predicted molar refractivity (Wildman–Crippen MR) is 63.7 cm³/mol. The molecule has 0 spiro atoms. The number of aliphatic hydroxyl groups excluding tert-OH is 1. The SMILES string of the molecule is CC(=O)NC(C(=O)c1ccccc1O)C(O)C(=O)O. The van der Waals surface area contributed by atoms with Gasteiger partial charge < -0.3 is 20.6 Å². The molecule has 7 nitrogen and oxygen atoms in total. The maximum absolute atomic E-state index is 12.0. The van der Waals surface area contributed by atoms with E-state index in [-0.39, 0.29) is 11.3 Å². The van der Waals surface area contributed by atoms with Crippen LogP contribution >= 0.6 is 0 Å². The van der Waals surface area contributed by atoms with E-state index in [9.17, 15) is 24.6 Å². The lowest BCUT2D eigenvalue weighted by Crippen LogP contribution is -2.51. The number of carboxylic acids is 1. The second-order valence-corrected chi connectivity index (χ2v) is 3.84. The van der Waals surface area contributed by atoms with Gasteiger partial charge in [0.25, 0.3) is 0 Å². The summed E-state index contributed by atoms with van der Waals surface area (Å²) in [6.07, 6.45) is -2.10. The number of aliphatic hydroxyl groups is 1. The molecule has 7 heteroatoms. The number of amides is 1. The number of carbonyl (C=O) groups is 3. The van der Waals surface area contributed by atoms with Gasteiger partial charge in [-0.15, -0.1) is 0 Å². The molecular weight excluding hydrogens is 254 g/mol. The first-order valence-electron chi connectivity index (χ1n) is 5.34. The molecule has 1 rings (SSSR count). The number of aromatic hydroxyl groups is 1. The molecule has 0 bridgehead atoms. The highest BCUT2D eigenvalue weighted by molar-refractivity contribution is 6.06. The summed E-state index contributed by atoms with van der Waals surface area (Å²) < 4.78 is 0. The quantitative estimate of drug-likeness (QED) is 0.534. The summed E-state index contributed by atoms with van der Waals surface area (Å²) in [5.41, 5.74) is -0.179. The molecule has 4 N–H and O–H groups in total. The highest BCUT2D eigenvalue weighted by Gasteiger charge is 2.34. The zero-order valence-corrected chi connectivity index (χ0v) is 10.0. The Hall–Kier alpha value is -2.41. The van der Waals surface area contributed by atoms with Gasteiger partial charge in [0.1, 0.15) is 11.8 Å². The number of aliphatic carboxylic acids is 1. The van der Waals surface area contributed by atoms with Gasteiger partial charge in [0, 0.05) is 6.92 Å². The number of carbonyl (C=O) groups excluding carboxylic acids is 2. The van der Waals surface area contributed by atoms with Gasteiger partial charge in [0.15, 0.2) is 11.9 Å². The standard InChI is InChI=1S/C12H13NO6/c1-6(14)13-9(11(17)12(18)19)10(16)7-4-2-3-5-8(7)15/h2-5,9,11,15,17H,1H3,(H,13,14)(H,18,19). The Morgan fingerprint density at radius 1 is 1.21 bits per heavy atom. The van der Waals surface area contributed by atoms with E-state index in [1.807, 2.05) is 0 Å². The van der Waals surface area contributed by atoms with Crippen molar-refractivity contribution in [3.05, 3.63) is 29.8 Å². The molecule has 0 fully saturated rings. The lowest BCUT2D eigenvalue weighted by molar-refractivity contribution is -0.147. The van der Waals surface area contributed by atoms with Gasteiger partial charge in [-0.25, -0.2) is 4.79 Å². The topological polar surface area (TPSA) is 124 Å². The van der Waals surface area contributed by atoms with Crippen LogP contribution in [0.4, 0.5) is 0 Å². The number of ketones is 1. The van der Waals surface area contributed by atoms with Crippen LogP contribution in [-0.2, 0) is 9.59 Å². The van der Waals surface area contributed by atoms with Crippen molar-refractivity contribution >= 4 is 17.7 Å². The smallest absolute Gasteiger partial charge is 0.335 e. The van der Waals surface area contributed by atoms with E-state index in [0.717, 1.165) is 6.92 Å². The molecule has 2 atom stereocenters. The number of nitrogens with one attached hydrogen (secondary N) is 1. The molecule has 0 aliphatic carbocycles. The van der Waals surface area contributed by atoms with Crippen LogP contribution < -0.4 is 5.32 Å². The Labute approximate surface area is 108 Å². The molecule has 19 heavy (non-hydrogen) atoms. The zero-order chi connectivity index (χ0) is 14.6. The van der Waals surface area contributed by atoms with Crippen LogP contribution in [0.2, 0.25) is 0 Å². The minimum Gasteiger partial charge on any atom is -0.507 e. The Morgan fingerprint density at radius 3 is 2.26 bits per heavy atom. The molecule has 0 aromatic heterocycles. The van der Waals surface area contributed by atoms with E-state index in [0.29, 0.717) is 0 Å². The maximum atomic E-state index is 12.0. The van der Waals surface area contributed by atoms with E-state index in [1.165, 1.54) is 24.3 Å². The van der Waals surface area contributed by atoms with Crippen LogP contribution in [0.25, 0.3) is 0 Å². The summed E-state index contributed by atoms with van der Waals surface area (Å²) in [4.78, 5) is 33.7. The molecule has 0 saturated heterocycles. The van der Waals surface area contributed by atoms with Gasteiger partial charge in [-0.3, -0.25) is 9.59 Å². The highest BCUT2D eigenvalue weighted by Crippen LogP contribution is 2.18. The maximum Gasteiger partial charge on any atom is 0.335 e. The first kappa shape index (κ1) is 14.7. The van der Waals surface area contributed by atoms with Crippen LogP contribution in [0.5, 0.6) is 5.75 Å². The number of hydrogen-bond donors (Lipinski definition) is 4. The van der Waals surface area contributed by atoms with Crippen molar-refractivity contribution in [3.8, 4) is 5.75 Å². The van der Waals surface area contributed by atoms with Gasteiger partial charge in [-0.05, 0) is 12.1 Å². The average molecular weight is 267 g/mol. The number of Topliss-reactive ketones (excluding diaryl/α,β-unsaturated/α-hetero) is 1. The molecule has 0 heterocycles. The van der Waals surface area contributed by atoms with Crippen molar-refractivity contribution in [1.29, 1.82) is 0 Å². The van der Waals surface area contributed by atoms with Crippen LogP contribution in [0, 0.1) is 0 Å². The monoisotopic (exact) mass is 267 g/mol. The van der Waals surface area contributed by atoms with Crippen molar-refractivity contribution in [1.82, 2.24) is 5.32 Å². The van der Waals surface area contributed by atoms with Crippen LogP contribution in [0.15, 0.2) is 24.3 Å². The van der Waals surface area contributed by atoms with Crippen LogP contribution in [-0.4, -0.2) is 45.1 Å². The molecule has 102 valence electrons. The largest absolute Gasteiger partial charge is 0.507 e. The number of phenols is 1. The normalized spacial score (nSPS) is 13.4. The van der Waals surface area contributed by atoms with Crippen molar-refractivity contribution in [2.24, 2.45) is 0 Å². The van der Waals surface area contributed by atoms with E-state index in [1.54, 1.807) is 0 Å². The third-order valence-corrected chi connectivity index (χ3v) is 2.38. The number of carboxylic acid groups (broad SMARTS) is 1. The summed E-state index contributed by atoms with van der Waals surface area (Å²) in [6, 6.07) is 3.79.